The minimum Gasteiger partial charge on any atom is -0.258 e. The summed E-state index contributed by atoms with van der Waals surface area (Å²) in [6, 6.07) is 5.59. The molecule has 0 saturated heterocycles. The quantitative estimate of drug-likeness (QED) is 0.597. The number of rotatable bonds is 2. The van der Waals surface area contributed by atoms with E-state index >= 15 is 0 Å². The lowest BCUT2D eigenvalue weighted by Crippen LogP contribution is -2.00. The summed E-state index contributed by atoms with van der Waals surface area (Å²) in [7, 11) is -3.48. The van der Waals surface area contributed by atoms with Crippen LogP contribution in [-0.2, 0) is 9.84 Å². The van der Waals surface area contributed by atoms with E-state index in [0.29, 0.717) is 5.39 Å². The van der Waals surface area contributed by atoms with Crippen molar-refractivity contribution in [3.05, 3.63) is 40.6 Å². The zero-order valence-electron chi connectivity index (χ0n) is 8.82. The van der Waals surface area contributed by atoms with Gasteiger partial charge in [0.05, 0.1) is 9.82 Å². The van der Waals surface area contributed by atoms with Crippen LogP contribution in [0.4, 0.5) is 5.69 Å². The molecule has 88 valence electrons. The summed E-state index contributed by atoms with van der Waals surface area (Å²) in [6.45, 7) is 0. The smallest absolute Gasteiger partial charge is 0.258 e. The highest BCUT2D eigenvalue weighted by Crippen LogP contribution is 2.27. The first kappa shape index (κ1) is 11.5. The van der Waals surface area contributed by atoms with Gasteiger partial charge in [0.1, 0.15) is 5.52 Å². The number of hydrogen-bond acceptors (Lipinski definition) is 5. The fourth-order valence-corrected chi connectivity index (χ4v) is 2.17. The van der Waals surface area contributed by atoms with Gasteiger partial charge in [-0.15, -0.1) is 0 Å². The van der Waals surface area contributed by atoms with Crippen LogP contribution in [0.3, 0.4) is 0 Å². The third kappa shape index (κ3) is 2.09. The van der Waals surface area contributed by atoms with Crippen molar-refractivity contribution in [1.29, 1.82) is 0 Å². The molecule has 0 aliphatic rings. The Hall–Kier alpha value is -2.02. The number of sulfone groups is 1. The Balaban J connectivity index is 2.90. The SMILES string of the molecule is CS(=O)(=O)c1cc([N+](=O)[O-])c2ncccc2c1. The van der Waals surface area contributed by atoms with Gasteiger partial charge in [-0.05, 0) is 12.1 Å². The van der Waals surface area contributed by atoms with E-state index in [1.807, 2.05) is 0 Å². The van der Waals surface area contributed by atoms with Gasteiger partial charge in [-0.25, -0.2) is 13.4 Å². The molecule has 0 aliphatic heterocycles. The normalized spacial score (nSPS) is 11.6. The number of pyridine rings is 1. The Bertz CT molecular complexity index is 709. The number of nitro benzene ring substituents is 1. The van der Waals surface area contributed by atoms with Crippen LogP contribution in [0.2, 0.25) is 0 Å². The highest BCUT2D eigenvalue weighted by Gasteiger charge is 2.18. The van der Waals surface area contributed by atoms with Crippen molar-refractivity contribution in [3.8, 4) is 0 Å². The molecule has 0 atom stereocenters. The average molecular weight is 252 g/mol. The van der Waals surface area contributed by atoms with Crippen LogP contribution in [0.5, 0.6) is 0 Å². The van der Waals surface area contributed by atoms with E-state index in [-0.39, 0.29) is 16.1 Å². The number of aromatic nitrogens is 1. The maximum absolute atomic E-state index is 11.4. The fourth-order valence-electron chi connectivity index (χ4n) is 1.50. The van der Waals surface area contributed by atoms with Gasteiger partial charge >= 0.3 is 0 Å². The van der Waals surface area contributed by atoms with Crippen molar-refractivity contribution in [2.45, 2.75) is 4.90 Å². The van der Waals surface area contributed by atoms with Crippen LogP contribution in [0.15, 0.2) is 35.4 Å². The maximum Gasteiger partial charge on any atom is 0.296 e. The van der Waals surface area contributed by atoms with Crippen molar-refractivity contribution >= 4 is 26.4 Å². The molecule has 0 N–H and O–H groups in total. The van der Waals surface area contributed by atoms with Gasteiger partial charge in [-0.1, -0.05) is 6.07 Å². The predicted octanol–water partition coefficient (Wildman–Crippen LogP) is 1.55. The van der Waals surface area contributed by atoms with E-state index in [1.54, 1.807) is 12.1 Å². The molecule has 0 spiro atoms. The summed E-state index contributed by atoms with van der Waals surface area (Å²) in [4.78, 5) is 14.0. The second-order valence-electron chi connectivity index (χ2n) is 3.55. The van der Waals surface area contributed by atoms with Crippen LogP contribution in [0.1, 0.15) is 0 Å². The molecule has 0 aliphatic carbocycles. The molecule has 0 fully saturated rings. The minimum atomic E-state index is -3.48. The van der Waals surface area contributed by atoms with E-state index in [0.717, 1.165) is 12.3 Å². The largest absolute Gasteiger partial charge is 0.296 e. The fraction of sp³-hybridized carbons (Fsp3) is 0.100. The zero-order valence-corrected chi connectivity index (χ0v) is 9.64. The Morgan fingerprint density at radius 2 is 2.06 bits per heavy atom. The van der Waals surface area contributed by atoms with E-state index in [9.17, 15) is 18.5 Å². The minimum absolute atomic E-state index is 0.0790. The summed E-state index contributed by atoms with van der Waals surface area (Å²) in [5.41, 5.74) is -0.117. The molecule has 0 amide bonds. The molecule has 2 rings (SSSR count). The first-order chi connectivity index (χ1) is 7.89. The summed E-state index contributed by atoms with van der Waals surface area (Å²) < 4.78 is 22.8. The lowest BCUT2D eigenvalue weighted by atomic mass is 10.2. The van der Waals surface area contributed by atoms with Crippen molar-refractivity contribution in [2.24, 2.45) is 0 Å². The van der Waals surface area contributed by atoms with Gasteiger partial charge in [0, 0.05) is 23.9 Å². The van der Waals surface area contributed by atoms with Crippen molar-refractivity contribution in [1.82, 2.24) is 4.98 Å². The van der Waals surface area contributed by atoms with Gasteiger partial charge in [-0.3, -0.25) is 10.1 Å². The van der Waals surface area contributed by atoms with Gasteiger partial charge in [0.2, 0.25) is 0 Å². The van der Waals surface area contributed by atoms with Gasteiger partial charge in [-0.2, -0.15) is 0 Å². The van der Waals surface area contributed by atoms with Crippen molar-refractivity contribution in [3.63, 3.8) is 0 Å². The Morgan fingerprint density at radius 1 is 1.35 bits per heavy atom. The topological polar surface area (TPSA) is 90.2 Å². The Labute approximate surface area is 97.0 Å². The predicted molar refractivity (Wildman–Crippen MR) is 61.5 cm³/mol. The number of nitrogens with zero attached hydrogens (tertiary/aromatic N) is 2. The molecular weight excluding hydrogens is 244 g/mol. The van der Waals surface area contributed by atoms with Crippen LogP contribution in [-0.4, -0.2) is 24.6 Å². The molecule has 2 aromatic rings. The maximum atomic E-state index is 11.4. The van der Waals surface area contributed by atoms with E-state index in [4.69, 9.17) is 0 Å². The average Bonchev–Trinajstić information content (AvgIpc) is 2.26. The van der Waals surface area contributed by atoms with Crippen molar-refractivity contribution in [2.75, 3.05) is 6.26 Å². The standard InChI is InChI=1S/C10H8N2O4S/c1-17(15,16)8-5-7-3-2-4-11-10(7)9(6-8)12(13)14/h2-6H,1H3. The molecule has 0 unspecified atom stereocenters. The van der Waals surface area contributed by atoms with Crippen LogP contribution in [0, 0.1) is 10.1 Å². The van der Waals surface area contributed by atoms with E-state index in [1.165, 1.54) is 12.3 Å². The van der Waals surface area contributed by atoms with Crippen LogP contribution in [0.25, 0.3) is 10.9 Å². The summed E-state index contributed by atoms with van der Waals surface area (Å²) >= 11 is 0. The molecular formula is C10H8N2O4S. The number of non-ortho nitro benzene ring substituents is 1. The lowest BCUT2D eigenvalue weighted by molar-refractivity contribution is -0.383. The number of hydrogen-bond donors (Lipinski definition) is 0. The number of fused-ring (bicyclic) bond motifs is 1. The molecule has 1 aromatic heterocycles. The molecule has 17 heavy (non-hydrogen) atoms. The molecule has 1 heterocycles. The number of nitro groups is 1. The molecule has 0 bridgehead atoms. The molecule has 0 saturated carbocycles. The van der Waals surface area contributed by atoms with Crippen LogP contribution >= 0.6 is 0 Å². The molecule has 7 heteroatoms. The van der Waals surface area contributed by atoms with Gasteiger partial charge in [0.25, 0.3) is 5.69 Å². The molecule has 1 aromatic carbocycles. The molecule has 6 nitrogen and oxygen atoms in total. The Morgan fingerprint density at radius 3 is 2.65 bits per heavy atom. The van der Waals surface area contributed by atoms with Gasteiger partial charge < -0.3 is 0 Å². The third-order valence-electron chi connectivity index (χ3n) is 2.28. The highest BCUT2D eigenvalue weighted by atomic mass is 32.2. The highest BCUT2D eigenvalue weighted by molar-refractivity contribution is 7.90. The summed E-state index contributed by atoms with van der Waals surface area (Å²) in [5, 5.41) is 11.3. The van der Waals surface area contributed by atoms with E-state index < -0.39 is 14.8 Å². The van der Waals surface area contributed by atoms with Crippen molar-refractivity contribution < 1.29 is 13.3 Å². The second-order valence-corrected chi connectivity index (χ2v) is 5.56. The van der Waals surface area contributed by atoms with Crippen LogP contribution < -0.4 is 0 Å². The number of benzene rings is 1. The van der Waals surface area contributed by atoms with Gasteiger partial charge in [0.15, 0.2) is 9.84 Å². The summed E-state index contributed by atoms with van der Waals surface area (Å²) in [5.74, 6) is 0. The first-order valence-corrected chi connectivity index (χ1v) is 6.52. The zero-order chi connectivity index (χ0) is 12.6. The first-order valence-electron chi connectivity index (χ1n) is 4.63. The lowest BCUT2D eigenvalue weighted by Gasteiger charge is -2.02. The monoisotopic (exact) mass is 252 g/mol. The summed E-state index contributed by atoms with van der Waals surface area (Å²) in [6.07, 6.45) is 2.43. The third-order valence-corrected chi connectivity index (χ3v) is 3.38. The second kappa shape index (κ2) is 3.77. The molecule has 0 radical (unpaired) electrons. The Kier molecular flexibility index (Phi) is 2.55. The van der Waals surface area contributed by atoms with E-state index in [2.05, 4.69) is 4.98 Å².